The molecule has 0 bridgehead atoms. The van der Waals surface area contributed by atoms with Gasteiger partial charge in [0, 0.05) is 0 Å². The van der Waals surface area contributed by atoms with Gasteiger partial charge < -0.3 is 5.11 Å². The molecule has 1 saturated carbocycles. The first kappa shape index (κ1) is 12.3. The van der Waals surface area contributed by atoms with E-state index in [1.165, 1.54) is 25.7 Å². The van der Waals surface area contributed by atoms with Crippen LogP contribution >= 0.6 is 0 Å². The lowest BCUT2D eigenvalue weighted by Gasteiger charge is -2.15. The van der Waals surface area contributed by atoms with E-state index in [2.05, 4.69) is 12.2 Å². The van der Waals surface area contributed by atoms with Crippen LogP contribution in [-0.2, 0) is 4.79 Å². The fraction of sp³-hybridized carbons (Fsp3) is 0.769. The fourth-order valence-corrected chi connectivity index (χ4v) is 2.13. The number of carboxylic acid groups (broad SMARTS) is 1. The third kappa shape index (κ3) is 4.06. The van der Waals surface area contributed by atoms with E-state index in [-0.39, 0.29) is 5.41 Å². The van der Waals surface area contributed by atoms with Crippen LogP contribution in [0.15, 0.2) is 12.2 Å². The summed E-state index contributed by atoms with van der Waals surface area (Å²) in [6.45, 7) is 1.84. The summed E-state index contributed by atoms with van der Waals surface area (Å²) in [5.41, 5.74) is -0.389. The summed E-state index contributed by atoms with van der Waals surface area (Å²) in [4.78, 5) is 10.5. The molecule has 15 heavy (non-hydrogen) atoms. The Morgan fingerprint density at radius 3 is 1.73 bits per heavy atom. The molecule has 2 rings (SSSR count). The van der Waals surface area contributed by atoms with Crippen molar-refractivity contribution in [1.82, 2.24) is 0 Å². The maximum Gasteiger partial charge on any atom is 0.309 e. The molecule has 0 saturated heterocycles. The van der Waals surface area contributed by atoms with Crippen molar-refractivity contribution in [3.63, 3.8) is 0 Å². The standard InChI is InChI=1S/C7H12O2.C6H10/c1-7(6(8)9)4-2-3-5-7;1-2-4-6-5-3-1/h2-5H2,1H3,(H,8,9);1-2H,3-6H2. The van der Waals surface area contributed by atoms with Crippen molar-refractivity contribution in [3.8, 4) is 0 Å². The van der Waals surface area contributed by atoms with E-state index in [0.717, 1.165) is 25.7 Å². The zero-order chi connectivity index (χ0) is 11.1. The maximum atomic E-state index is 10.5. The highest BCUT2D eigenvalue weighted by Crippen LogP contribution is 2.37. The molecule has 0 aromatic carbocycles. The summed E-state index contributed by atoms with van der Waals surface area (Å²) in [6, 6.07) is 0. The van der Waals surface area contributed by atoms with Crippen LogP contribution in [0.3, 0.4) is 0 Å². The topological polar surface area (TPSA) is 37.3 Å². The first-order valence-corrected chi connectivity index (χ1v) is 6.03. The third-order valence-corrected chi connectivity index (χ3v) is 3.38. The van der Waals surface area contributed by atoms with Crippen molar-refractivity contribution in [3.05, 3.63) is 12.2 Å². The molecule has 0 radical (unpaired) electrons. The number of carbonyl (C=O) groups is 1. The lowest BCUT2D eigenvalue weighted by molar-refractivity contribution is -0.147. The number of hydrogen-bond donors (Lipinski definition) is 1. The van der Waals surface area contributed by atoms with Gasteiger partial charge in [-0.1, -0.05) is 25.0 Å². The van der Waals surface area contributed by atoms with Gasteiger partial charge in [0.05, 0.1) is 5.41 Å². The molecule has 0 heterocycles. The highest BCUT2D eigenvalue weighted by atomic mass is 16.4. The van der Waals surface area contributed by atoms with Crippen LogP contribution in [0.2, 0.25) is 0 Å². The van der Waals surface area contributed by atoms with Gasteiger partial charge in [-0.15, -0.1) is 0 Å². The van der Waals surface area contributed by atoms with Gasteiger partial charge >= 0.3 is 5.97 Å². The molecule has 2 nitrogen and oxygen atoms in total. The summed E-state index contributed by atoms with van der Waals surface area (Å²) in [5.74, 6) is -0.625. The Balaban J connectivity index is 0.000000162. The second-order valence-electron chi connectivity index (χ2n) is 4.83. The van der Waals surface area contributed by atoms with Crippen LogP contribution in [0.5, 0.6) is 0 Å². The zero-order valence-corrected chi connectivity index (χ0v) is 9.67. The van der Waals surface area contributed by atoms with Crippen LogP contribution in [0, 0.1) is 5.41 Å². The highest BCUT2D eigenvalue weighted by Gasteiger charge is 2.35. The van der Waals surface area contributed by atoms with Crippen molar-refractivity contribution in [2.45, 2.75) is 58.3 Å². The summed E-state index contributed by atoms with van der Waals surface area (Å²) in [6.07, 6.45) is 13.9. The molecule has 86 valence electrons. The van der Waals surface area contributed by atoms with Crippen molar-refractivity contribution in [2.75, 3.05) is 0 Å². The average molecular weight is 210 g/mol. The highest BCUT2D eigenvalue weighted by molar-refractivity contribution is 5.74. The van der Waals surface area contributed by atoms with Crippen LogP contribution in [-0.4, -0.2) is 11.1 Å². The van der Waals surface area contributed by atoms with Gasteiger partial charge in [0.2, 0.25) is 0 Å². The van der Waals surface area contributed by atoms with E-state index in [0.29, 0.717) is 0 Å². The van der Waals surface area contributed by atoms with Gasteiger partial charge in [-0.3, -0.25) is 4.79 Å². The molecule has 2 aliphatic rings. The van der Waals surface area contributed by atoms with Crippen LogP contribution in [0.4, 0.5) is 0 Å². The summed E-state index contributed by atoms with van der Waals surface area (Å²) < 4.78 is 0. The molecule has 0 aromatic heterocycles. The van der Waals surface area contributed by atoms with Gasteiger partial charge in [-0.2, -0.15) is 0 Å². The van der Waals surface area contributed by atoms with Gasteiger partial charge in [0.1, 0.15) is 0 Å². The number of aliphatic carboxylic acids is 1. The van der Waals surface area contributed by atoms with E-state index < -0.39 is 5.97 Å². The Kier molecular flexibility index (Phi) is 4.86. The third-order valence-electron chi connectivity index (χ3n) is 3.38. The Morgan fingerprint density at radius 2 is 1.53 bits per heavy atom. The normalized spacial score (nSPS) is 23.0. The largest absolute Gasteiger partial charge is 0.481 e. The molecule has 1 N–H and O–H groups in total. The molecule has 0 unspecified atom stereocenters. The number of hydrogen-bond acceptors (Lipinski definition) is 1. The molecule has 0 aromatic rings. The predicted molar refractivity (Wildman–Crippen MR) is 61.8 cm³/mol. The minimum Gasteiger partial charge on any atom is -0.481 e. The van der Waals surface area contributed by atoms with E-state index in [4.69, 9.17) is 5.11 Å². The van der Waals surface area contributed by atoms with Gasteiger partial charge in [-0.05, 0) is 45.4 Å². The monoisotopic (exact) mass is 210 g/mol. The molecule has 0 spiro atoms. The minimum absolute atomic E-state index is 0.389. The molecule has 1 fully saturated rings. The molecular formula is C13H22O2. The van der Waals surface area contributed by atoms with Gasteiger partial charge in [0.15, 0.2) is 0 Å². The second kappa shape index (κ2) is 5.94. The van der Waals surface area contributed by atoms with Crippen LogP contribution < -0.4 is 0 Å². The molecular weight excluding hydrogens is 188 g/mol. The molecule has 0 atom stereocenters. The Labute approximate surface area is 92.4 Å². The summed E-state index contributed by atoms with van der Waals surface area (Å²) in [5, 5.41) is 8.67. The fourth-order valence-electron chi connectivity index (χ4n) is 2.13. The van der Waals surface area contributed by atoms with Crippen molar-refractivity contribution in [1.29, 1.82) is 0 Å². The average Bonchev–Trinajstić information content (AvgIpc) is 2.70. The smallest absolute Gasteiger partial charge is 0.309 e. The van der Waals surface area contributed by atoms with Crippen molar-refractivity contribution >= 4 is 5.97 Å². The van der Waals surface area contributed by atoms with Crippen molar-refractivity contribution in [2.24, 2.45) is 5.41 Å². The Morgan fingerprint density at radius 1 is 1.07 bits per heavy atom. The summed E-state index contributed by atoms with van der Waals surface area (Å²) in [7, 11) is 0. The predicted octanol–water partition coefficient (Wildman–Crippen LogP) is 3.77. The molecule has 0 aliphatic heterocycles. The van der Waals surface area contributed by atoms with Gasteiger partial charge in [-0.25, -0.2) is 0 Å². The van der Waals surface area contributed by atoms with Gasteiger partial charge in [0.25, 0.3) is 0 Å². The lowest BCUT2D eigenvalue weighted by Crippen LogP contribution is -2.23. The number of allylic oxidation sites excluding steroid dienone is 2. The maximum absolute atomic E-state index is 10.5. The van der Waals surface area contributed by atoms with Crippen LogP contribution in [0.1, 0.15) is 58.3 Å². The Hall–Kier alpha value is -0.790. The van der Waals surface area contributed by atoms with Crippen molar-refractivity contribution < 1.29 is 9.90 Å². The number of carboxylic acids is 1. The first-order valence-electron chi connectivity index (χ1n) is 6.03. The molecule has 2 heteroatoms. The Bertz CT molecular complexity index is 217. The van der Waals surface area contributed by atoms with E-state index in [1.807, 2.05) is 6.92 Å². The minimum atomic E-state index is -0.625. The first-order chi connectivity index (χ1) is 7.15. The molecule has 2 aliphatic carbocycles. The van der Waals surface area contributed by atoms with Crippen LogP contribution in [0.25, 0.3) is 0 Å². The quantitative estimate of drug-likeness (QED) is 0.669. The SMILES string of the molecule is C1=CCCCC1.CC1(C(=O)O)CCCC1. The number of rotatable bonds is 1. The van der Waals surface area contributed by atoms with E-state index in [1.54, 1.807) is 0 Å². The zero-order valence-electron chi connectivity index (χ0n) is 9.67. The summed E-state index contributed by atoms with van der Waals surface area (Å²) >= 11 is 0. The van der Waals surface area contributed by atoms with E-state index >= 15 is 0 Å². The second-order valence-corrected chi connectivity index (χ2v) is 4.83. The molecule has 0 amide bonds. The van der Waals surface area contributed by atoms with E-state index in [9.17, 15) is 4.79 Å². The lowest BCUT2D eigenvalue weighted by atomic mass is 9.89.